The molecule has 0 spiro atoms. The summed E-state index contributed by atoms with van der Waals surface area (Å²) in [4.78, 5) is 3.19. The van der Waals surface area contributed by atoms with Crippen molar-refractivity contribution in [3.05, 3.63) is 50.4 Å². The maximum atomic E-state index is 13.8. The van der Waals surface area contributed by atoms with Crippen molar-refractivity contribution in [3.63, 3.8) is 0 Å². The van der Waals surface area contributed by atoms with E-state index in [1.54, 1.807) is 17.4 Å². The molecule has 0 unspecified atom stereocenters. The van der Waals surface area contributed by atoms with Crippen molar-refractivity contribution in [2.24, 2.45) is 5.73 Å². The van der Waals surface area contributed by atoms with Gasteiger partial charge in [-0.2, -0.15) is 0 Å². The average molecular weight is 359 g/mol. The second-order valence-electron chi connectivity index (χ2n) is 4.09. The Hall–Kier alpha value is -0.980. The molecule has 0 saturated heterocycles. The molecular formula is C13H12BrFN2S2. The molecule has 1 heterocycles. The zero-order valence-electron chi connectivity index (χ0n) is 10.2. The molecule has 0 atom stereocenters. The first kappa shape index (κ1) is 14.4. The Morgan fingerprint density at radius 3 is 2.84 bits per heavy atom. The van der Waals surface area contributed by atoms with Crippen molar-refractivity contribution in [3.8, 4) is 0 Å². The summed E-state index contributed by atoms with van der Waals surface area (Å²) in [5.41, 5.74) is 6.62. The molecule has 1 aromatic carbocycles. The van der Waals surface area contributed by atoms with Gasteiger partial charge in [0.1, 0.15) is 10.8 Å². The molecule has 0 aliphatic heterocycles. The van der Waals surface area contributed by atoms with Crippen LogP contribution in [0.1, 0.15) is 10.4 Å². The van der Waals surface area contributed by atoms with Crippen LogP contribution in [-0.4, -0.2) is 12.0 Å². The molecule has 100 valence electrons. The van der Waals surface area contributed by atoms with Crippen molar-refractivity contribution in [2.45, 2.75) is 6.54 Å². The van der Waals surface area contributed by atoms with Gasteiger partial charge in [0.15, 0.2) is 0 Å². The van der Waals surface area contributed by atoms with E-state index < -0.39 is 0 Å². The fourth-order valence-corrected chi connectivity index (χ4v) is 3.54. The van der Waals surface area contributed by atoms with E-state index in [0.29, 0.717) is 17.8 Å². The summed E-state index contributed by atoms with van der Waals surface area (Å²) in [6, 6.07) is 6.89. The molecule has 2 aromatic rings. The Bertz CT molecular complexity index is 612. The molecule has 19 heavy (non-hydrogen) atoms. The SMILES string of the molecule is CN(Cc1cc(Br)cs1)c1cccc(F)c1C(N)=S. The molecule has 0 radical (unpaired) electrons. The summed E-state index contributed by atoms with van der Waals surface area (Å²) in [7, 11) is 1.89. The molecule has 2 nitrogen and oxygen atoms in total. The molecule has 2 N–H and O–H groups in total. The van der Waals surface area contributed by atoms with Gasteiger partial charge in [0.25, 0.3) is 0 Å². The predicted molar refractivity (Wildman–Crippen MR) is 86.4 cm³/mol. The minimum absolute atomic E-state index is 0.0762. The Labute approximate surface area is 129 Å². The second kappa shape index (κ2) is 5.98. The van der Waals surface area contributed by atoms with Gasteiger partial charge in [0, 0.05) is 27.5 Å². The van der Waals surface area contributed by atoms with Crippen molar-refractivity contribution >= 4 is 50.2 Å². The van der Waals surface area contributed by atoms with Crippen LogP contribution in [0.5, 0.6) is 0 Å². The molecule has 0 saturated carbocycles. The van der Waals surface area contributed by atoms with E-state index >= 15 is 0 Å². The molecule has 6 heteroatoms. The first-order valence-electron chi connectivity index (χ1n) is 5.51. The highest BCUT2D eigenvalue weighted by molar-refractivity contribution is 9.10. The highest BCUT2D eigenvalue weighted by atomic mass is 79.9. The predicted octanol–water partition coefficient (Wildman–Crippen LogP) is 3.92. The lowest BCUT2D eigenvalue weighted by atomic mass is 10.1. The van der Waals surface area contributed by atoms with E-state index in [-0.39, 0.29) is 10.8 Å². The summed E-state index contributed by atoms with van der Waals surface area (Å²) in [6.07, 6.45) is 0. The minimum Gasteiger partial charge on any atom is -0.389 e. The molecule has 0 fully saturated rings. The van der Waals surface area contributed by atoms with Crippen molar-refractivity contribution in [2.75, 3.05) is 11.9 Å². The average Bonchev–Trinajstić information content (AvgIpc) is 2.73. The van der Waals surface area contributed by atoms with Crippen LogP contribution in [0.2, 0.25) is 0 Å². The van der Waals surface area contributed by atoms with Crippen molar-refractivity contribution in [1.82, 2.24) is 0 Å². The van der Waals surface area contributed by atoms with Gasteiger partial charge < -0.3 is 10.6 Å². The highest BCUT2D eigenvalue weighted by Crippen LogP contribution is 2.26. The second-order valence-corrected chi connectivity index (χ2v) is 6.44. The largest absolute Gasteiger partial charge is 0.389 e. The normalized spacial score (nSPS) is 10.5. The van der Waals surface area contributed by atoms with Gasteiger partial charge in [0.2, 0.25) is 0 Å². The minimum atomic E-state index is -0.385. The Balaban J connectivity index is 2.31. The molecule has 0 aliphatic carbocycles. The smallest absolute Gasteiger partial charge is 0.135 e. The zero-order chi connectivity index (χ0) is 14.0. The molecule has 2 rings (SSSR count). The standard InChI is InChI=1S/C13H12BrFN2S2/c1-17(6-9-5-8(14)7-19-9)11-4-2-3-10(15)12(11)13(16)18/h2-5,7H,6H2,1H3,(H2,16,18). The summed E-state index contributed by atoms with van der Waals surface area (Å²) in [5.74, 6) is -0.385. The summed E-state index contributed by atoms with van der Waals surface area (Å²) in [6.45, 7) is 0.676. The maximum Gasteiger partial charge on any atom is 0.135 e. The lowest BCUT2D eigenvalue weighted by Crippen LogP contribution is -2.22. The van der Waals surface area contributed by atoms with E-state index in [2.05, 4.69) is 15.9 Å². The third kappa shape index (κ3) is 3.32. The number of thiocarbonyl (C=S) groups is 1. The van der Waals surface area contributed by atoms with Crippen molar-refractivity contribution in [1.29, 1.82) is 0 Å². The number of hydrogen-bond acceptors (Lipinski definition) is 3. The van der Waals surface area contributed by atoms with Gasteiger partial charge in [-0.25, -0.2) is 4.39 Å². The maximum absolute atomic E-state index is 13.8. The van der Waals surface area contributed by atoms with E-state index in [0.717, 1.165) is 4.47 Å². The van der Waals surface area contributed by atoms with E-state index in [1.807, 2.05) is 29.5 Å². The van der Waals surface area contributed by atoms with Gasteiger partial charge in [0.05, 0.1) is 12.1 Å². The molecule has 0 bridgehead atoms. The first-order chi connectivity index (χ1) is 8.99. The third-order valence-corrected chi connectivity index (χ3v) is 4.55. The number of nitrogens with zero attached hydrogens (tertiary/aromatic N) is 1. The van der Waals surface area contributed by atoms with Crippen LogP contribution in [0.25, 0.3) is 0 Å². The van der Waals surface area contributed by atoms with E-state index in [9.17, 15) is 4.39 Å². The quantitative estimate of drug-likeness (QED) is 0.839. The van der Waals surface area contributed by atoms with Crippen LogP contribution >= 0.6 is 39.5 Å². The zero-order valence-corrected chi connectivity index (χ0v) is 13.4. The highest BCUT2D eigenvalue weighted by Gasteiger charge is 2.15. The summed E-state index contributed by atoms with van der Waals surface area (Å²) >= 11 is 9.99. The summed E-state index contributed by atoms with van der Waals surface area (Å²) in [5, 5.41) is 2.02. The van der Waals surface area contributed by atoms with Crippen LogP contribution in [0.4, 0.5) is 10.1 Å². The number of benzene rings is 1. The van der Waals surface area contributed by atoms with Crippen LogP contribution < -0.4 is 10.6 Å². The number of rotatable bonds is 4. The van der Waals surface area contributed by atoms with E-state index in [1.165, 1.54) is 10.9 Å². The molecule has 0 aliphatic rings. The van der Waals surface area contributed by atoms with Crippen LogP contribution in [0.3, 0.4) is 0 Å². The van der Waals surface area contributed by atoms with Gasteiger partial charge in [-0.1, -0.05) is 18.3 Å². The molecular weight excluding hydrogens is 347 g/mol. The number of nitrogens with two attached hydrogens (primary N) is 1. The third-order valence-electron chi connectivity index (χ3n) is 2.66. The lowest BCUT2D eigenvalue weighted by Gasteiger charge is -2.21. The lowest BCUT2D eigenvalue weighted by molar-refractivity contribution is 0.624. The Morgan fingerprint density at radius 1 is 1.53 bits per heavy atom. The van der Waals surface area contributed by atoms with Gasteiger partial charge >= 0.3 is 0 Å². The molecule has 0 amide bonds. The number of anilines is 1. The van der Waals surface area contributed by atoms with Gasteiger partial charge in [-0.05, 0) is 34.1 Å². The van der Waals surface area contributed by atoms with Crippen molar-refractivity contribution < 1.29 is 4.39 Å². The Morgan fingerprint density at radius 2 is 2.26 bits per heavy atom. The van der Waals surface area contributed by atoms with Crippen LogP contribution in [0.15, 0.2) is 34.1 Å². The van der Waals surface area contributed by atoms with Crippen LogP contribution in [-0.2, 0) is 6.54 Å². The van der Waals surface area contributed by atoms with Crippen LogP contribution in [0, 0.1) is 5.82 Å². The van der Waals surface area contributed by atoms with E-state index in [4.69, 9.17) is 18.0 Å². The first-order valence-corrected chi connectivity index (χ1v) is 7.59. The van der Waals surface area contributed by atoms with Gasteiger partial charge in [-0.15, -0.1) is 11.3 Å². The monoisotopic (exact) mass is 358 g/mol. The number of hydrogen-bond donors (Lipinski definition) is 1. The van der Waals surface area contributed by atoms with Gasteiger partial charge in [-0.3, -0.25) is 0 Å². The molecule has 1 aromatic heterocycles. The number of halogens is 2. The fourth-order valence-electron chi connectivity index (χ4n) is 1.83. The number of thiophene rings is 1. The summed E-state index contributed by atoms with van der Waals surface area (Å²) < 4.78 is 14.9. The Kier molecular flexibility index (Phi) is 4.54. The topological polar surface area (TPSA) is 29.3 Å². The fraction of sp³-hybridized carbons (Fsp3) is 0.154.